The molecule has 0 aliphatic heterocycles. The second kappa shape index (κ2) is 6.06. The van der Waals surface area contributed by atoms with Crippen LogP contribution < -0.4 is 10.1 Å². The number of hydrogen-bond donors (Lipinski definition) is 1. The molecule has 0 unspecified atom stereocenters. The monoisotopic (exact) mass is 207 g/mol. The van der Waals surface area contributed by atoms with Crippen LogP contribution in [0.3, 0.4) is 0 Å². The van der Waals surface area contributed by atoms with Crippen LogP contribution >= 0.6 is 0 Å². The summed E-state index contributed by atoms with van der Waals surface area (Å²) in [6.45, 7) is 5.43. The molecule has 0 heterocycles. The van der Waals surface area contributed by atoms with Crippen LogP contribution in [-0.2, 0) is 4.79 Å². The summed E-state index contributed by atoms with van der Waals surface area (Å²) in [6, 6.07) is 6.05. The van der Waals surface area contributed by atoms with Crippen molar-refractivity contribution in [3.8, 4) is 5.75 Å². The first-order chi connectivity index (χ1) is 7.24. The first-order valence-electron chi connectivity index (χ1n) is 5.11. The minimum absolute atomic E-state index is 0.628. The first-order valence-corrected chi connectivity index (χ1v) is 5.11. The molecule has 0 saturated carbocycles. The summed E-state index contributed by atoms with van der Waals surface area (Å²) in [5.74, 6) is 0.893. The van der Waals surface area contributed by atoms with Crippen LogP contribution in [0.4, 0.5) is 0 Å². The smallest absolute Gasteiger partial charge is 0.207 e. The fourth-order valence-electron chi connectivity index (χ4n) is 1.23. The topological polar surface area (TPSA) is 38.3 Å². The van der Waals surface area contributed by atoms with Crippen LogP contribution in [0.25, 0.3) is 0 Å². The lowest BCUT2D eigenvalue weighted by molar-refractivity contribution is -0.109. The van der Waals surface area contributed by atoms with Crippen LogP contribution in [0.1, 0.15) is 17.5 Å². The molecule has 0 fully saturated rings. The van der Waals surface area contributed by atoms with E-state index in [4.69, 9.17) is 4.74 Å². The number of amides is 1. The molecule has 0 aliphatic rings. The Balaban J connectivity index is 2.31. The Morgan fingerprint density at radius 2 is 2.13 bits per heavy atom. The molecule has 15 heavy (non-hydrogen) atoms. The third-order valence-corrected chi connectivity index (χ3v) is 2.30. The van der Waals surface area contributed by atoms with Crippen LogP contribution in [-0.4, -0.2) is 19.6 Å². The molecule has 3 nitrogen and oxygen atoms in total. The molecule has 1 aromatic carbocycles. The molecule has 0 atom stereocenters. The standard InChI is InChI=1S/C12H17NO2/c1-10-4-5-12(8-11(10)2)15-7-3-6-13-9-14/h4-5,8-9H,3,6-7H2,1-2H3,(H,13,14). The fourth-order valence-corrected chi connectivity index (χ4v) is 1.23. The number of carbonyl (C=O) groups is 1. The molecule has 1 amide bonds. The molecule has 0 saturated heterocycles. The van der Waals surface area contributed by atoms with Gasteiger partial charge in [0.15, 0.2) is 0 Å². The van der Waals surface area contributed by atoms with Crippen molar-refractivity contribution < 1.29 is 9.53 Å². The van der Waals surface area contributed by atoms with E-state index in [0.717, 1.165) is 12.2 Å². The second-order valence-electron chi connectivity index (χ2n) is 3.52. The third-order valence-electron chi connectivity index (χ3n) is 2.30. The average molecular weight is 207 g/mol. The lowest BCUT2D eigenvalue weighted by atomic mass is 10.1. The van der Waals surface area contributed by atoms with Gasteiger partial charge in [-0.25, -0.2) is 0 Å². The van der Waals surface area contributed by atoms with E-state index in [2.05, 4.69) is 19.2 Å². The van der Waals surface area contributed by atoms with Crippen molar-refractivity contribution in [3.63, 3.8) is 0 Å². The lowest BCUT2D eigenvalue weighted by Gasteiger charge is -2.07. The molecule has 0 radical (unpaired) electrons. The largest absolute Gasteiger partial charge is 0.494 e. The SMILES string of the molecule is Cc1ccc(OCCCNC=O)cc1C. The average Bonchev–Trinajstić information content (AvgIpc) is 2.23. The minimum Gasteiger partial charge on any atom is -0.494 e. The predicted molar refractivity (Wildman–Crippen MR) is 60.1 cm³/mol. The zero-order chi connectivity index (χ0) is 11.1. The van der Waals surface area contributed by atoms with E-state index >= 15 is 0 Å². The first kappa shape index (κ1) is 11.6. The molecule has 0 bridgehead atoms. The van der Waals surface area contributed by atoms with Gasteiger partial charge in [-0.1, -0.05) is 6.07 Å². The summed E-state index contributed by atoms with van der Waals surface area (Å²) in [6.07, 6.45) is 1.53. The molecule has 1 aromatic rings. The molecule has 0 aromatic heterocycles. The van der Waals surface area contributed by atoms with Gasteiger partial charge < -0.3 is 10.1 Å². The fraction of sp³-hybridized carbons (Fsp3) is 0.417. The highest BCUT2D eigenvalue weighted by molar-refractivity contribution is 5.45. The van der Waals surface area contributed by atoms with Gasteiger partial charge in [0, 0.05) is 6.54 Å². The molecule has 1 rings (SSSR count). The van der Waals surface area contributed by atoms with Gasteiger partial charge in [-0.2, -0.15) is 0 Å². The Labute approximate surface area is 90.4 Å². The Hall–Kier alpha value is -1.51. The van der Waals surface area contributed by atoms with Crippen molar-refractivity contribution in [2.75, 3.05) is 13.2 Å². The zero-order valence-corrected chi connectivity index (χ0v) is 9.25. The van der Waals surface area contributed by atoms with Crippen LogP contribution in [0.15, 0.2) is 18.2 Å². The Kier molecular flexibility index (Phi) is 4.68. The van der Waals surface area contributed by atoms with Crippen molar-refractivity contribution in [3.05, 3.63) is 29.3 Å². The van der Waals surface area contributed by atoms with Gasteiger partial charge in [-0.05, 0) is 43.5 Å². The molecule has 82 valence electrons. The summed E-state index contributed by atoms with van der Waals surface area (Å²) in [5, 5.41) is 2.59. The van der Waals surface area contributed by atoms with E-state index in [1.54, 1.807) is 0 Å². The second-order valence-corrected chi connectivity index (χ2v) is 3.52. The zero-order valence-electron chi connectivity index (χ0n) is 9.25. The summed E-state index contributed by atoms with van der Waals surface area (Å²) < 4.78 is 5.53. The lowest BCUT2D eigenvalue weighted by Crippen LogP contribution is -2.14. The highest BCUT2D eigenvalue weighted by Crippen LogP contribution is 2.16. The van der Waals surface area contributed by atoms with E-state index in [1.807, 2.05) is 18.2 Å². The summed E-state index contributed by atoms with van der Waals surface area (Å²) in [4.78, 5) is 9.97. The minimum atomic E-state index is 0.628. The van der Waals surface area contributed by atoms with Gasteiger partial charge in [0.1, 0.15) is 5.75 Å². The number of ether oxygens (including phenoxy) is 1. The van der Waals surface area contributed by atoms with E-state index in [9.17, 15) is 4.79 Å². The van der Waals surface area contributed by atoms with Gasteiger partial charge in [0.25, 0.3) is 0 Å². The molecule has 0 spiro atoms. The van der Waals surface area contributed by atoms with E-state index < -0.39 is 0 Å². The van der Waals surface area contributed by atoms with Gasteiger partial charge >= 0.3 is 0 Å². The van der Waals surface area contributed by atoms with Crippen molar-refractivity contribution in [1.82, 2.24) is 5.32 Å². The van der Waals surface area contributed by atoms with E-state index in [0.29, 0.717) is 19.6 Å². The Morgan fingerprint density at radius 3 is 2.80 bits per heavy atom. The van der Waals surface area contributed by atoms with Crippen LogP contribution in [0.2, 0.25) is 0 Å². The van der Waals surface area contributed by atoms with Crippen molar-refractivity contribution in [2.24, 2.45) is 0 Å². The van der Waals surface area contributed by atoms with Gasteiger partial charge in [-0.15, -0.1) is 0 Å². The maximum atomic E-state index is 9.97. The molecule has 0 aliphatic carbocycles. The number of benzene rings is 1. The summed E-state index contributed by atoms with van der Waals surface area (Å²) in [5.41, 5.74) is 2.50. The van der Waals surface area contributed by atoms with Gasteiger partial charge in [-0.3, -0.25) is 4.79 Å². The summed E-state index contributed by atoms with van der Waals surface area (Å²) in [7, 11) is 0. The predicted octanol–water partition coefficient (Wildman–Crippen LogP) is 1.82. The Morgan fingerprint density at radius 1 is 1.33 bits per heavy atom. The maximum absolute atomic E-state index is 9.97. The quantitative estimate of drug-likeness (QED) is 0.570. The number of hydrogen-bond acceptors (Lipinski definition) is 2. The van der Waals surface area contributed by atoms with Crippen molar-refractivity contribution >= 4 is 6.41 Å². The molecular formula is C12H17NO2. The third kappa shape index (κ3) is 4.02. The van der Waals surface area contributed by atoms with Crippen LogP contribution in [0.5, 0.6) is 5.75 Å². The van der Waals surface area contributed by atoms with E-state index in [1.165, 1.54) is 11.1 Å². The molecular weight excluding hydrogens is 190 g/mol. The maximum Gasteiger partial charge on any atom is 0.207 e. The highest BCUT2D eigenvalue weighted by Gasteiger charge is 1.96. The van der Waals surface area contributed by atoms with E-state index in [-0.39, 0.29) is 0 Å². The summed E-state index contributed by atoms with van der Waals surface area (Å²) >= 11 is 0. The number of aryl methyl sites for hydroxylation is 2. The van der Waals surface area contributed by atoms with Gasteiger partial charge in [0.2, 0.25) is 6.41 Å². The van der Waals surface area contributed by atoms with Crippen molar-refractivity contribution in [2.45, 2.75) is 20.3 Å². The Bertz CT molecular complexity index is 323. The normalized spacial score (nSPS) is 9.73. The number of nitrogens with one attached hydrogen (secondary N) is 1. The van der Waals surface area contributed by atoms with Crippen LogP contribution in [0, 0.1) is 13.8 Å². The van der Waals surface area contributed by atoms with Crippen molar-refractivity contribution in [1.29, 1.82) is 0 Å². The molecule has 1 N–H and O–H groups in total. The number of rotatable bonds is 6. The molecule has 3 heteroatoms. The number of carbonyl (C=O) groups excluding carboxylic acids is 1. The van der Waals surface area contributed by atoms with Gasteiger partial charge in [0.05, 0.1) is 6.61 Å². The highest BCUT2D eigenvalue weighted by atomic mass is 16.5.